The SMILES string of the molecule is COc1cc(OC)c(OC)cc1CNC(=O)COC(=O)c1ccc(C(C)C)cc1. The van der Waals surface area contributed by atoms with Gasteiger partial charge >= 0.3 is 5.97 Å². The van der Waals surface area contributed by atoms with Crippen LogP contribution in [0.25, 0.3) is 0 Å². The molecule has 0 spiro atoms. The van der Waals surface area contributed by atoms with Crippen molar-refractivity contribution in [1.29, 1.82) is 0 Å². The number of amides is 1. The molecule has 29 heavy (non-hydrogen) atoms. The van der Waals surface area contributed by atoms with E-state index in [4.69, 9.17) is 18.9 Å². The largest absolute Gasteiger partial charge is 0.496 e. The number of nitrogens with one attached hydrogen (secondary N) is 1. The molecule has 0 fully saturated rings. The zero-order chi connectivity index (χ0) is 21.4. The van der Waals surface area contributed by atoms with E-state index in [0.29, 0.717) is 34.3 Å². The molecule has 0 heterocycles. The van der Waals surface area contributed by atoms with Crippen molar-refractivity contribution in [3.05, 3.63) is 53.1 Å². The molecule has 0 atom stereocenters. The lowest BCUT2D eigenvalue weighted by Crippen LogP contribution is -2.28. The molecule has 1 amide bonds. The van der Waals surface area contributed by atoms with Crippen LogP contribution in [-0.2, 0) is 16.1 Å². The van der Waals surface area contributed by atoms with Crippen molar-refractivity contribution in [2.45, 2.75) is 26.3 Å². The number of carbonyl (C=O) groups excluding carboxylic acids is 2. The Morgan fingerprint density at radius 1 is 0.897 bits per heavy atom. The molecule has 2 aromatic rings. The van der Waals surface area contributed by atoms with E-state index in [1.807, 2.05) is 12.1 Å². The lowest BCUT2D eigenvalue weighted by molar-refractivity contribution is -0.124. The Bertz CT molecular complexity index is 845. The number of ether oxygens (including phenoxy) is 4. The molecule has 0 unspecified atom stereocenters. The van der Waals surface area contributed by atoms with Crippen LogP contribution in [0.4, 0.5) is 0 Å². The topological polar surface area (TPSA) is 83.1 Å². The molecule has 0 aliphatic rings. The Balaban J connectivity index is 1.92. The second kappa shape index (κ2) is 10.4. The summed E-state index contributed by atoms with van der Waals surface area (Å²) in [6.45, 7) is 3.96. The van der Waals surface area contributed by atoms with Crippen LogP contribution in [0.2, 0.25) is 0 Å². The average Bonchev–Trinajstić information content (AvgIpc) is 2.75. The number of benzene rings is 2. The Hall–Kier alpha value is -3.22. The monoisotopic (exact) mass is 401 g/mol. The normalized spacial score (nSPS) is 10.4. The predicted molar refractivity (Wildman–Crippen MR) is 109 cm³/mol. The minimum absolute atomic E-state index is 0.184. The van der Waals surface area contributed by atoms with Gasteiger partial charge in [-0.05, 0) is 29.7 Å². The molecule has 7 heteroatoms. The van der Waals surface area contributed by atoms with Crippen LogP contribution in [0.5, 0.6) is 17.2 Å². The first kappa shape index (κ1) is 22.1. The van der Waals surface area contributed by atoms with Crippen LogP contribution in [0.1, 0.15) is 41.3 Å². The molecule has 0 aliphatic carbocycles. The van der Waals surface area contributed by atoms with Crippen molar-refractivity contribution in [2.24, 2.45) is 0 Å². The van der Waals surface area contributed by atoms with Gasteiger partial charge in [0.25, 0.3) is 5.91 Å². The minimum atomic E-state index is -0.542. The van der Waals surface area contributed by atoms with Gasteiger partial charge in [0.05, 0.1) is 26.9 Å². The van der Waals surface area contributed by atoms with Crippen LogP contribution < -0.4 is 19.5 Å². The van der Waals surface area contributed by atoms with E-state index in [0.717, 1.165) is 5.56 Å². The zero-order valence-corrected chi connectivity index (χ0v) is 17.4. The highest BCUT2D eigenvalue weighted by Crippen LogP contribution is 2.34. The molecule has 0 aliphatic heterocycles. The van der Waals surface area contributed by atoms with E-state index in [1.165, 1.54) is 21.3 Å². The highest BCUT2D eigenvalue weighted by molar-refractivity contribution is 5.91. The summed E-state index contributed by atoms with van der Waals surface area (Å²) in [7, 11) is 4.59. The Kier molecular flexibility index (Phi) is 7.88. The molecule has 156 valence electrons. The lowest BCUT2D eigenvalue weighted by atomic mass is 10.0. The van der Waals surface area contributed by atoms with Gasteiger partial charge in [0.15, 0.2) is 18.1 Å². The minimum Gasteiger partial charge on any atom is -0.496 e. The van der Waals surface area contributed by atoms with Gasteiger partial charge < -0.3 is 24.3 Å². The maximum atomic E-state index is 12.1. The van der Waals surface area contributed by atoms with Gasteiger partial charge in [0.2, 0.25) is 0 Å². The molecule has 0 aromatic heterocycles. The fraction of sp³-hybridized carbons (Fsp3) is 0.364. The number of hydrogen-bond acceptors (Lipinski definition) is 6. The van der Waals surface area contributed by atoms with Crippen LogP contribution in [0.15, 0.2) is 36.4 Å². The Labute approximate surface area is 170 Å². The van der Waals surface area contributed by atoms with Crippen LogP contribution in [-0.4, -0.2) is 39.8 Å². The summed E-state index contributed by atoms with van der Waals surface area (Å²) in [5, 5.41) is 2.70. The van der Waals surface area contributed by atoms with Crippen molar-refractivity contribution in [1.82, 2.24) is 5.32 Å². The fourth-order valence-corrected chi connectivity index (χ4v) is 2.69. The molecular weight excluding hydrogens is 374 g/mol. The quantitative estimate of drug-likeness (QED) is 0.649. The molecule has 0 bridgehead atoms. The van der Waals surface area contributed by atoms with Crippen LogP contribution in [0.3, 0.4) is 0 Å². The van der Waals surface area contributed by atoms with Gasteiger partial charge in [-0.15, -0.1) is 0 Å². The third-order valence-corrected chi connectivity index (χ3v) is 4.41. The zero-order valence-electron chi connectivity index (χ0n) is 17.4. The molecule has 1 N–H and O–H groups in total. The average molecular weight is 401 g/mol. The van der Waals surface area contributed by atoms with E-state index in [-0.39, 0.29) is 13.2 Å². The second-order valence-corrected chi connectivity index (χ2v) is 6.65. The van der Waals surface area contributed by atoms with E-state index in [9.17, 15) is 9.59 Å². The molecule has 2 rings (SSSR count). The summed E-state index contributed by atoms with van der Waals surface area (Å²) in [5.41, 5.74) is 2.24. The van der Waals surface area contributed by atoms with Crippen molar-refractivity contribution < 1.29 is 28.5 Å². The van der Waals surface area contributed by atoms with E-state index in [2.05, 4.69) is 19.2 Å². The highest BCUT2D eigenvalue weighted by Gasteiger charge is 2.14. The predicted octanol–water partition coefficient (Wildman–Crippen LogP) is 3.31. The number of rotatable bonds is 9. The van der Waals surface area contributed by atoms with Crippen molar-refractivity contribution in [3.8, 4) is 17.2 Å². The third kappa shape index (κ3) is 5.88. The van der Waals surface area contributed by atoms with Gasteiger partial charge in [-0.1, -0.05) is 26.0 Å². The second-order valence-electron chi connectivity index (χ2n) is 6.65. The number of hydrogen-bond donors (Lipinski definition) is 1. The summed E-state index contributed by atoms with van der Waals surface area (Å²) in [6, 6.07) is 10.6. The van der Waals surface area contributed by atoms with Crippen LogP contribution >= 0.6 is 0 Å². The maximum absolute atomic E-state index is 12.1. The van der Waals surface area contributed by atoms with Crippen molar-refractivity contribution in [2.75, 3.05) is 27.9 Å². The maximum Gasteiger partial charge on any atom is 0.338 e. The van der Waals surface area contributed by atoms with Crippen molar-refractivity contribution in [3.63, 3.8) is 0 Å². The van der Waals surface area contributed by atoms with Crippen LogP contribution in [0, 0.1) is 0 Å². The summed E-state index contributed by atoms with van der Waals surface area (Å²) < 4.78 is 20.9. The summed E-state index contributed by atoms with van der Waals surface area (Å²) >= 11 is 0. The van der Waals surface area contributed by atoms with Gasteiger partial charge in [-0.25, -0.2) is 4.79 Å². The van der Waals surface area contributed by atoms with Gasteiger partial charge in [-0.3, -0.25) is 4.79 Å². The summed E-state index contributed by atoms with van der Waals surface area (Å²) in [6.07, 6.45) is 0. The van der Waals surface area contributed by atoms with Gasteiger partial charge in [0.1, 0.15) is 5.75 Å². The third-order valence-electron chi connectivity index (χ3n) is 4.41. The van der Waals surface area contributed by atoms with Gasteiger partial charge in [0, 0.05) is 18.2 Å². The van der Waals surface area contributed by atoms with E-state index < -0.39 is 11.9 Å². The first-order valence-electron chi connectivity index (χ1n) is 9.22. The number of esters is 1. The Morgan fingerprint density at radius 2 is 1.48 bits per heavy atom. The standard InChI is InChI=1S/C22H27NO6/c1-14(2)15-6-8-16(9-7-15)22(25)29-13-21(24)23-12-17-10-19(27-4)20(28-5)11-18(17)26-3/h6-11,14H,12-13H2,1-5H3,(H,23,24). The summed E-state index contributed by atoms with van der Waals surface area (Å²) in [4.78, 5) is 24.2. The Morgan fingerprint density at radius 3 is 2.03 bits per heavy atom. The first-order valence-corrected chi connectivity index (χ1v) is 9.22. The number of carbonyl (C=O) groups is 2. The molecule has 7 nitrogen and oxygen atoms in total. The molecule has 0 saturated heterocycles. The number of methoxy groups -OCH3 is 3. The van der Waals surface area contributed by atoms with Crippen molar-refractivity contribution >= 4 is 11.9 Å². The highest BCUT2D eigenvalue weighted by atomic mass is 16.5. The molecule has 2 aromatic carbocycles. The molecule has 0 saturated carbocycles. The van der Waals surface area contributed by atoms with E-state index >= 15 is 0 Å². The summed E-state index contributed by atoms with van der Waals surface area (Å²) in [5.74, 6) is 1.00. The van der Waals surface area contributed by atoms with E-state index in [1.54, 1.807) is 24.3 Å². The molecular formula is C22H27NO6. The van der Waals surface area contributed by atoms with Gasteiger partial charge in [-0.2, -0.15) is 0 Å². The smallest absolute Gasteiger partial charge is 0.338 e. The lowest BCUT2D eigenvalue weighted by Gasteiger charge is -2.14. The molecule has 0 radical (unpaired) electrons. The fourth-order valence-electron chi connectivity index (χ4n) is 2.69. The first-order chi connectivity index (χ1) is 13.9.